The highest BCUT2D eigenvalue weighted by atomic mass is 16.6. The highest BCUT2D eigenvalue weighted by molar-refractivity contribution is 4.90. The van der Waals surface area contributed by atoms with Gasteiger partial charge < -0.3 is 14.2 Å². The van der Waals surface area contributed by atoms with Crippen molar-refractivity contribution in [3.63, 3.8) is 0 Å². The zero-order valence-corrected chi connectivity index (χ0v) is 11.2. The van der Waals surface area contributed by atoms with Gasteiger partial charge in [-0.15, -0.1) is 0 Å². The Hall–Kier alpha value is -0.120. The van der Waals surface area contributed by atoms with Crippen molar-refractivity contribution in [3.05, 3.63) is 0 Å². The number of ether oxygens (including phenoxy) is 3. The third kappa shape index (κ3) is 4.09. The van der Waals surface area contributed by atoms with Gasteiger partial charge in [0.2, 0.25) is 0 Å². The van der Waals surface area contributed by atoms with Crippen molar-refractivity contribution in [1.82, 2.24) is 0 Å². The summed E-state index contributed by atoms with van der Waals surface area (Å²) < 4.78 is 16.6. The van der Waals surface area contributed by atoms with Crippen molar-refractivity contribution in [3.8, 4) is 0 Å². The summed E-state index contributed by atoms with van der Waals surface area (Å²) in [5, 5.41) is 0. The summed E-state index contributed by atoms with van der Waals surface area (Å²) in [5.74, 6) is 0. The van der Waals surface area contributed by atoms with Crippen LogP contribution < -0.4 is 0 Å². The quantitative estimate of drug-likeness (QED) is 0.657. The minimum Gasteiger partial charge on any atom is -0.382 e. The van der Waals surface area contributed by atoms with Crippen molar-refractivity contribution in [2.45, 2.75) is 58.3 Å². The van der Waals surface area contributed by atoms with Crippen LogP contribution in [0.4, 0.5) is 0 Å². The molecule has 0 saturated carbocycles. The Morgan fingerprint density at radius 2 is 1.53 bits per heavy atom. The van der Waals surface area contributed by atoms with Gasteiger partial charge in [-0.25, -0.2) is 0 Å². The van der Waals surface area contributed by atoms with Gasteiger partial charge in [-0.2, -0.15) is 0 Å². The number of hydrogen-bond acceptors (Lipinski definition) is 3. The standard InChI is InChI=1S/C12H26O3/c1-8-10(9-13-6)15-12(4,5)11(2,3)14-7/h10H,8-9H2,1-7H3. The van der Waals surface area contributed by atoms with Crippen LogP contribution in [-0.4, -0.2) is 38.1 Å². The largest absolute Gasteiger partial charge is 0.382 e. The van der Waals surface area contributed by atoms with E-state index < -0.39 is 0 Å². The first-order chi connectivity index (χ1) is 6.80. The first-order valence-electron chi connectivity index (χ1n) is 5.52. The van der Waals surface area contributed by atoms with Gasteiger partial charge in [-0.05, 0) is 34.1 Å². The predicted octanol–water partition coefficient (Wildman–Crippen LogP) is 2.63. The van der Waals surface area contributed by atoms with Crippen LogP contribution in [0.25, 0.3) is 0 Å². The van der Waals surface area contributed by atoms with Crippen LogP contribution in [0.3, 0.4) is 0 Å². The van der Waals surface area contributed by atoms with Gasteiger partial charge in [-0.1, -0.05) is 6.92 Å². The lowest BCUT2D eigenvalue weighted by atomic mass is 9.89. The van der Waals surface area contributed by atoms with Crippen molar-refractivity contribution in [2.24, 2.45) is 0 Å². The molecule has 0 aromatic heterocycles. The Labute approximate surface area is 94.1 Å². The van der Waals surface area contributed by atoms with E-state index in [2.05, 4.69) is 20.8 Å². The number of rotatable bonds is 7. The molecule has 0 radical (unpaired) electrons. The second kappa shape index (κ2) is 5.83. The molecule has 0 aliphatic carbocycles. The summed E-state index contributed by atoms with van der Waals surface area (Å²) in [7, 11) is 3.41. The van der Waals surface area contributed by atoms with Gasteiger partial charge in [0.05, 0.1) is 23.9 Å². The predicted molar refractivity (Wildman–Crippen MR) is 62.2 cm³/mol. The Morgan fingerprint density at radius 3 is 1.87 bits per heavy atom. The molecule has 0 aromatic rings. The molecule has 92 valence electrons. The van der Waals surface area contributed by atoms with Gasteiger partial charge in [0.15, 0.2) is 0 Å². The molecule has 0 saturated heterocycles. The first-order valence-corrected chi connectivity index (χ1v) is 5.52. The van der Waals surface area contributed by atoms with Crippen LogP contribution in [0.15, 0.2) is 0 Å². The fourth-order valence-corrected chi connectivity index (χ4v) is 1.23. The monoisotopic (exact) mass is 218 g/mol. The summed E-state index contributed by atoms with van der Waals surface area (Å²) in [6.07, 6.45) is 1.07. The average molecular weight is 218 g/mol. The normalized spacial score (nSPS) is 15.4. The SMILES string of the molecule is CCC(COC)OC(C)(C)C(C)(C)OC. The molecule has 0 aliphatic heterocycles. The zero-order valence-electron chi connectivity index (χ0n) is 11.2. The molecular weight excluding hydrogens is 192 g/mol. The minimum absolute atomic E-state index is 0.124. The lowest BCUT2D eigenvalue weighted by Crippen LogP contribution is -2.51. The molecule has 0 aliphatic rings. The summed E-state index contributed by atoms with van der Waals surface area (Å²) in [6, 6.07) is 0. The number of methoxy groups -OCH3 is 2. The van der Waals surface area contributed by atoms with Crippen LogP contribution in [0, 0.1) is 0 Å². The average Bonchev–Trinajstić information content (AvgIpc) is 2.16. The molecule has 0 bridgehead atoms. The van der Waals surface area contributed by atoms with E-state index >= 15 is 0 Å². The minimum atomic E-state index is -0.332. The molecule has 0 N–H and O–H groups in total. The highest BCUT2D eigenvalue weighted by Gasteiger charge is 2.39. The van der Waals surface area contributed by atoms with Gasteiger partial charge in [0.1, 0.15) is 0 Å². The fourth-order valence-electron chi connectivity index (χ4n) is 1.23. The Bertz CT molecular complexity index is 176. The van der Waals surface area contributed by atoms with Crippen LogP contribution in [-0.2, 0) is 14.2 Å². The summed E-state index contributed by atoms with van der Waals surface area (Å²) >= 11 is 0. The molecule has 1 atom stereocenters. The van der Waals surface area contributed by atoms with Gasteiger partial charge in [0.25, 0.3) is 0 Å². The van der Waals surface area contributed by atoms with Crippen molar-refractivity contribution in [2.75, 3.05) is 20.8 Å². The third-order valence-corrected chi connectivity index (χ3v) is 3.23. The lowest BCUT2D eigenvalue weighted by molar-refractivity contribution is -0.194. The van der Waals surface area contributed by atoms with Crippen molar-refractivity contribution < 1.29 is 14.2 Å². The smallest absolute Gasteiger partial charge is 0.0914 e. The van der Waals surface area contributed by atoms with E-state index in [1.807, 2.05) is 13.8 Å². The molecule has 1 unspecified atom stereocenters. The Morgan fingerprint density at radius 1 is 1.00 bits per heavy atom. The molecule has 0 amide bonds. The van der Waals surface area contributed by atoms with E-state index in [1.54, 1.807) is 14.2 Å². The molecule has 3 heteroatoms. The Balaban J connectivity index is 4.46. The fraction of sp³-hybridized carbons (Fsp3) is 1.00. The second-order valence-corrected chi connectivity index (χ2v) is 4.83. The number of hydrogen-bond donors (Lipinski definition) is 0. The molecular formula is C12H26O3. The van der Waals surface area contributed by atoms with E-state index in [4.69, 9.17) is 14.2 Å². The highest BCUT2D eigenvalue weighted by Crippen LogP contribution is 2.30. The molecule has 0 heterocycles. The zero-order chi connectivity index (χ0) is 12.1. The first kappa shape index (κ1) is 14.9. The maximum absolute atomic E-state index is 6.03. The molecule has 0 aromatic carbocycles. The van der Waals surface area contributed by atoms with E-state index in [9.17, 15) is 0 Å². The van der Waals surface area contributed by atoms with E-state index in [-0.39, 0.29) is 17.3 Å². The molecule has 0 spiro atoms. The second-order valence-electron chi connectivity index (χ2n) is 4.83. The third-order valence-electron chi connectivity index (χ3n) is 3.23. The maximum atomic E-state index is 6.03. The molecule has 15 heavy (non-hydrogen) atoms. The van der Waals surface area contributed by atoms with Crippen molar-refractivity contribution >= 4 is 0 Å². The molecule has 0 rings (SSSR count). The van der Waals surface area contributed by atoms with Gasteiger partial charge in [-0.3, -0.25) is 0 Å². The van der Waals surface area contributed by atoms with Crippen LogP contribution in [0.1, 0.15) is 41.0 Å². The lowest BCUT2D eigenvalue weighted by Gasteiger charge is -2.42. The van der Waals surface area contributed by atoms with Crippen molar-refractivity contribution in [1.29, 1.82) is 0 Å². The molecule has 3 nitrogen and oxygen atoms in total. The van der Waals surface area contributed by atoms with Crippen LogP contribution in [0.5, 0.6) is 0 Å². The van der Waals surface area contributed by atoms with E-state index in [0.29, 0.717) is 6.61 Å². The summed E-state index contributed by atoms with van der Waals surface area (Å²) in [4.78, 5) is 0. The Kier molecular flexibility index (Phi) is 5.78. The van der Waals surface area contributed by atoms with Gasteiger partial charge >= 0.3 is 0 Å². The summed E-state index contributed by atoms with van der Waals surface area (Å²) in [5.41, 5.74) is -0.644. The summed E-state index contributed by atoms with van der Waals surface area (Å²) in [6.45, 7) is 10.9. The topological polar surface area (TPSA) is 27.7 Å². The van der Waals surface area contributed by atoms with Crippen LogP contribution in [0.2, 0.25) is 0 Å². The molecule has 0 fully saturated rings. The van der Waals surface area contributed by atoms with E-state index in [1.165, 1.54) is 0 Å². The van der Waals surface area contributed by atoms with E-state index in [0.717, 1.165) is 6.42 Å². The van der Waals surface area contributed by atoms with Crippen LogP contribution >= 0.6 is 0 Å². The van der Waals surface area contributed by atoms with Gasteiger partial charge in [0, 0.05) is 14.2 Å². The maximum Gasteiger partial charge on any atom is 0.0914 e.